The Morgan fingerprint density at radius 2 is 1.59 bits per heavy atom. The highest BCUT2D eigenvalue weighted by Gasteiger charge is 2.34. The molecule has 0 spiro atoms. The van der Waals surface area contributed by atoms with Crippen LogP contribution in [-0.4, -0.2) is 15.2 Å². The van der Waals surface area contributed by atoms with Gasteiger partial charge in [0.2, 0.25) is 16.8 Å². The molecule has 3 aromatic rings. The van der Waals surface area contributed by atoms with Gasteiger partial charge in [-0.1, -0.05) is 42.0 Å². The lowest BCUT2D eigenvalue weighted by molar-refractivity contribution is 0.174. The zero-order valence-electron chi connectivity index (χ0n) is 14.6. The topological polar surface area (TPSA) is 64.6 Å². The monoisotopic (exact) mass is 379 g/mol. The summed E-state index contributed by atoms with van der Waals surface area (Å²) in [5, 5.41) is 0. The Kier molecular flexibility index (Phi) is 3.54. The van der Waals surface area contributed by atoms with Crippen molar-refractivity contribution in [2.24, 2.45) is 0 Å². The van der Waals surface area contributed by atoms with Crippen molar-refractivity contribution in [1.29, 1.82) is 0 Å². The Morgan fingerprint density at radius 1 is 0.889 bits per heavy atom. The molecule has 1 atom stereocenters. The van der Waals surface area contributed by atoms with Crippen molar-refractivity contribution >= 4 is 10.0 Å². The Balaban J connectivity index is 1.62. The average Bonchev–Trinajstić information content (AvgIpc) is 3.23. The Bertz CT molecular complexity index is 1150. The maximum atomic E-state index is 13.0. The van der Waals surface area contributed by atoms with E-state index in [1.807, 2.05) is 43.3 Å². The molecule has 0 aromatic heterocycles. The van der Waals surface area contributed by atoms with Crippen molar-refractivity contribution in [2.75, 3.05) is 6.79 Å². The third kappa shape index (κ3) is 2.60. The Morgan fingerprint density at radius 3 is 2.37 bits per heavy atom. The minimum absolute atomic E-state index is 0.180. The number of ether oxygens (including phenoxy) is 2. The third-order valence-electron chi connectivity index (χ3n) is 5.02. The van der Waals surface area contributed by atoms with Crippen molar-refractivity contribution in [3.05, 3.63) is 77.4 Å². The van der Waals surface area contributed by atoms with Gasteiger partial charge in [-0.05, 0) is 53.4 Å². The number of benzene rings is 3. The van der Waals surface area contributed by atoms with Gasteiger partial charge in [-0.25, -0.2) is 8.42 Å². The standard InChI is InChI=1S/C21H17NO4S/c1-13-6-8-14(9-7-13)27(23,24)22-21-16-5-3-2-4-15(16)17-10-19-20(11-18(17)21)26-12-25-19/h2-11,21-22H,12H2,1H3. The van der Waals surface area contributed by atoms with E-state index in [1.165, 1.54) is 0 Å². The van der Waals surface area contributed by atoms with Gasteiger partial charge in [-0.3, -0.25) is 0 Å². The van der Waals surface area contributed by atoms with Crippen LogP contribution in [0.5, 0.6) is 11.5 Å². The van der Waals surface area contributed by atoms with Gasteiger partial charge in [0, 0.05) is 0 Å². The molecule has 0 bridgehead atoms. The average molecular weight is 379 g/mol. The fourth-order valence-electron chi connectivity index (χ4n) is 3.66. The first-order valence-electron chi connectivity index (χ1n) is 8.65. The molecule has 3 aromatic carbocycles. The molecule has 6 heteroatoms. The summed E-state index contributed by atoms with van der Waals surface area (Å²) in [4.78, 5) is 0.250. The Labute approximate surface area is 157 Å². The second kappa shape index (κ2) is 5.84. The van der Waals surface area contributed by atoms with E-state index < -0.39 is 16.1 Å². The van der Waals surface area contributed by atoms with Crippen LogP contribution in [0.3, 0.4) is 0 Å². The fraction of sp³-hybridized carbons (Fsp3) is 0.143. The molecular formula is C21H17NO4S. The third-order valence-corrected chi connectivity index (χ3v) is 6.46. The molecule has 2 aliphatic rings. The number of sulfonamides is 1. The highest BCUT2D eigenvalue weighted by molar-refractivity contribution is 7.89. The van der Waals surface area contributed by atoms with Gasteiger partial charge in [0.05, 0.1) is 10.9 Å². The predicted molar refractivity (Wildman–Crippen MR) is 101 cm³/mol. The minimum atomic E-state index is -3.68. The minimum Gasteiger partial charge on any atom is -0.454 e. The van der Waals surface area contributed by atoms with Crippen LogP contribution in [0.1, 0.15) is 22.7 Å². The van der Waals surface area contributed by atoms with E-state index in [4.69, 9.17) is 9.47 Å². The normalized spacial score (nSPS) is 16.9. The lowest BCUT2D eigenvalue weighted by Gasteiger charge is -2.16. The highest BCUT2D eigenvalue weighted by Crippen LogP contribution is 2.49. The first-order valence-corrected chi connectivity index (χ1v) is 10.1. The molecular weight excluding hydrogens is 362 g/mol. The molecule has 27 heavy (non-hydrogen) atoms. The molecule has 0 amide bonds. The van der Waals surface area contributed by atoms with Crippen LogP contribution in [-0.2, 0) is 10.0 Å². The number of nitrogens with one attached hydrogen (secondary N) is 1. The van der Waals surface area contributed by atoms with Crippen LogP contribution in [0.15, 0.2) is 65.6 Å². The molecule has 0 saturated heterocycles. The zero-order chi connectivity index (χ0) is 18.6. The molecule has 1 aliphatic carbocycles. The van der Waals surface area contributed by atoms with Crippen molar-refractivity contribution in [2.45, 2.75) is 17.9 Å². The van der Waals surface area contributed by atoms with Gasteiger partial charge in [0.1, 0.15) is 0 Å². The highest BCUT2D eigenvalue weighted by atomic mass is 32.2. The van der Waals surface area contributed by atoms with E-state index in [2.05, 4.69) is 4.72 Å². The maximum Gasteiger partial charge on any atom is 0.241 e. The molecule has 1 N–H and O–H groups in total. The summed E-state index contributed by atoms with van der Waals surface area (Å²) in [6.45, 7) is 2.11. The number of fused-ring (bicyclic) bond motifs is 4. The van der Waals surface area contributed by atoms with Crippen molar-refractivity contribution in [3.8, 4) is 22.6 Å². The van der Waals surface area contributed by atoms with Crippen LogP contribution in [0.4, 0.5) is 0 Å². The molecule has 136 valence electrons. The predicted octanol–water partition coefficient (Wildman–Crippen LogP) is 3.77. The van der Waals surface area contributed by atoms with Gasteiger partial charge in [-0.15, -0.1) is 0 Å². The van der Waals surface area contributed by atoms with E-state index in [-0.39, 0.29) is 11.7 Å². The summed E-state index contributed by atoms with van der Waals surface area (Å²) in [6.07, 6.45) is 0. The van der Waals surface area contributed by atoms with Crippen molar-refractivity contribution in [3.63, 3.8) is 0 Å². The van der Waals surface area contributed by atoms with Crippen LogP contribution in [0.25, 0.3) is 11.1 Å². The van der Waals surface area contributed by atoms with Crippen LogP contribution < -0.4 is 14.2 Å². The molecule has 5 nitrogen and oxygen atoms in total. The van der Waals surface area contributed by atoms with E-state index in [1.54, 1.807) is 24.3 Å². The van der Waals surface area contributed by atoms with Gasteiger partial charge >= 0.3 is 0 Å². The lowest BCUT2D eigenvalue weighted by Crippen LogP contribution is -2.28. The SMILES string of the molecule is Cc1ccc(S(=O)(=O)NC2c3ccccc3-c3cc4c(cc32)OCO4)cc1. The van der Waals surface area contributed by atoms with Gasteiger partial charge in [0.15, 0.2) is 11.5 Å². The molecule has 1 unspecified atom stereocenters. The lowest BCUT2D eigenvalue weighted by atomic mass is 10.1. The first-order chi connectivity index (χ1) is 13.0. The van der Waals surface area contributed by atoms with Gasteiger partial charge < -0.3 is 9.47 Å². The Hall–Kier alpha value is -2.83. The number of hydrogen-bond acceptors (Lipinski definition) is 4. The summed E-state index contributed by atoms with van der Waals surface area (Å²) in [6, 6.07) is 18.0. The van der Waals surface area contributed by atoms with Gasteiger partial charge in [0.25, 0.3) is 0 Å². The number of rotatable bonds is 3. The first kappa shape index (κ1) is 16.4. The van der Waals surface area contributed by atoms with Crippen LogP contribution in [0.2, 0.25) is 0 Å². The maximum absolute atomic E-state index is 13.0. The summed E-state index contributed by atoms with van der Waals surface area (Å²) < 4.78 is 39.8. The van der Waals surface area contributed by atoms with Crippen LogP contribution in [0, 0.1) is 6.92 Å². The molecule has 1 aliphatic heterocycles. The van der Waals surface area contributed by atoms with Crippen molar-refractivity contribution in [1.82, 2.24) is 4.72 Å². The van der Waals surface area contributed by atoms with Gasteiger partial charge in [-0.2, -0.15) is 4.72 Å². The molecule has 1 heterocycles. The van der Waals surface area contributed by atoms with Crippen molar-refractivity contribution < 1.29 is 17.9 Å². The summed E-state index contributed by atoms with van der Waals surface area (Å²) in [7, 11) is -3.68. The summed E-state index contributed by atoms with van der Waals surface area (Å²) >= 11 is 0. The molecule has 5 rings (SSSR count). The van der Waals surface area contributed by atoms with E-state index in [0.29, 0.717) is 11.5 Å². The van der Waals surface area contributed by atoms with E-state index in [9.17, 15) is 8.42 Å². The largest absolute Gasteiger partial charge is 0.454 e. The second-order valence-corrected chi connectivity index (χ2v) is 8.46. The number of hydrogen-bond donors (Lipinski definition) is 1. The zero-order valence-corrected chi connectivity index (χ0v) is 15.4. The fourth-order valence-corrected chi connectivity index (χ4v) is 4.85. The molecule has 0 fully saturated rings. The van der Waals surface area contributed by atoms with E-state index >= 15 is 0 Å². The molecule has 0 saturated carbocycles. The summed E-state index contributed by atoms with van der Waals surface area (Å²) in [5.41, 5.74) is 4.77. The smallest absolute Gasteiger partial charge is 0.241 e. The van der Waals surface area contributed by atoms with E-state index in [0.717, 1.165) is 27.8 Å². The van der Waals surface area contributed by atoms with Crippen LogP contribution >= 0.6 is 0 Å². The number of aryl methyl sites for hydroxylation is 1. The second-order valence-electron chi connectivity index (χ2n) is 6.75. The summed E-state index contributed by atoms with van der Waals surface area (Å²) in [5.74, 6) is 1.33. The molecule has 0 radical (unpaired) electrons. The quantitative estimate of drug-likeness (QED) is 0.752.